The SMILES string of the molecule is N#CC(CC(=O)N1CCCC1)c1cccc(F)c1. The summed E-state index contributed by atoms with van der Waals surface area (Å²) in [4.78, 5) is 13.7. The van der Waals surface area contributed by atoms with Crippen molar-refractivity contribution in [3.8, 4) is 6.07 Å². The Morgan fingerprint density at radius 3 is 2.78 bits per heavy atom. The van der Waals surface area contributed by atoms with Gasteiger partial charge in [0, 0.05) is 19.5 Å². The molecule has 1 aromatic rings. The van der Waals surface area contributed by atoms with Crippen LogP contribution in [0.15, 0.2) is 24.3 Å². The standard InChI is InChI=1S/C14H15FN2O/c15-13-5-3-4-11(8-13)12(10-16)9-14(18)17-6-1-2-7-17/h3-5,8,12H,1-2,6-7,9H2. The van der Waals surface area contributed by atoms with Crippen molar-refractivity contribution >= 4 is 5.91 Å². The highest BCUT2D eigenvalue weighted by atomic mass is 19.1. The molecule has 1 heterocycles. The van der Waals surface area contributed by atoms with Crippen LogP contribution in [0.25, 0.3) is 0 Å². The molecule has 0 N–H and O–H groups in total. The lowest BCUT2D eigenvalue weighted by Gasteiger charge is -2.17. The number of likely N-dealkylation sites (tertiary alicyclic amines) is 1. The molecule has 4 heteroatoms. The van der Waals surface area contributed by atoms with Crippen LogP contribution in [-0.4, -0.2) is 23.9 Å². The van der Waals surface area contributed by atoms with Gasteiger partial charge >= 0.3 is 0 Å². The molecule has 1 unspecified atom stereocenters. The minimum Gasteiger partial charge on any atom is -0.343 e. The van der Waals surface area contributed by atoms with E-state index in [0.29, 0.717) is 5.56 Å². The minimum atomic E-state index is -0.561. The molecule has 1 aliphatic rings. The molecule has 0 saturated carbocycles. The fraction of sp³-hybridized carbons (Fsp3) is 0.429. The first kappa shape index (κ1) is 12.6. The Bertz CT molecular complexity index is 475. The summed E-state index contributed by atoms with van der Waals surface area (Å²) in [6.07, 6.45) is 2.20. The molecule has 1 saturated heterocycles. The van der Waals surface area contributed by atoms with Crippen molar-refractivity contribution in [3.05, 3.63) is 35.6 Å². The summed E-state index contributed by atoms with van der Waals surface area (Å²) in [5, 5.41) is 9.12. The van der Waals surface area contributed by atoms with Gasteiger partial charge in [-0.2, -0.15) is 5.26 Å². The number of benzene rings is 1. The lowest BCUT2D eigenvalue weighted by atomic mass is 9.96. The second-order valence-electron chi connectivity index (χ2n) is 4.53. The summed E-state index contributed by atoms with van der Waals surface area (Å²) in [6, 6.07) is 8.00. The van der Waals surface area contributed by atoms with E-state index in [4.69, 9.17) is 5.26 Å². The monoisotopic (exact) mass is 246 g/mol. The predicted octanol–water partition coefficient (Wildman–Crippen LogP) is 2.45. The molecule has 1 amide bonds. The van der Waals surface area contributed by atoms with Crippen LogP contribution < -0.4 is 0 Å². The molecule has 1 aliphatic heterocycles. The maximum atomic E-state index is 13.1. The molecule has 0 radical (unpaired) electrons. The van der Waals surface area contributed by atoms with Crippen LogP contribution in [-0.2, 0) is 4.79 Å². The van der Waals surface area contributed by atoms with E-state index in [9.17, 15) is 9.18 Å². The Balaban J connectivity index is 2.05. The van der Waals surface area contributed by atoms with Crippen molar-refractivity contribution in [1.29, 1.82) is 5.26 Å². The van der Waals surface area contributed by atoms with Gasteiger partial charge in [0.25, 0.3) is 0 Å². The molecule has 0 bridgehead atoms. The van der Waals surface area contributed by atoms with E-state index >= 15 is 0 Å². The molecule has 0 aliphatic carbocycles. The fourth-order valence-electron chi connectivity index (χ4n) is 2.23. The lowest BCUT2D eigenvalue weighted by Crippen LogP contribution is -2.28. The number of rotatable bonds is 3. The topological polar surface area (TPSA) is 44.1 Å². The molecule has 94 valence electrons. The van der Waals surface area contributed by atoms with Gasteiger partial charge in [-0.1, -0.05) is 12.1 Å². The van der Waals surface area contributed by atoms with E-state index in [-0.39, 0.29) is 18.1 Å². The summed E-state index contributed by atoms with van der Waals surface area (Å²) in [5.74, 6) is -0.946. The normalized spacial score (nSPS) is 16.3. The smallest absolute Gasteiger partial charge is 0.224 e. The van der Waals surface area contributed by atoms with Crippen LogP contribution in [0.4, 0.5) is 4.39 Å². The highest BCUT2D eigenvalue weighted by Gasteiger charge is 2.22. The Labute approximate surface area is 106 Å². The molecule has 0 spiro atoms. The molecule has 1 aromatic carbocycles. The Kier molecular flexibility index (Phi) is 3.93. The van der Waals surface area contributed by atoms with Crippen molar-refractivity contribution < 1.29 is 9.18 Å². The van der Waals surface area contributed by atoms with Gasteiger partial charge < -0.3 is 4.90 Å². The lowest BCUT2D eigenvalue weighted by molar-refractivity contribution is -0.130. The van der Waals surface area contributed by atoms with Crippen LogP contribution in [0.1, 0.15) is 30.7 Å². The minimum absolute atomic E-state index is 0.0108. The molecular weight excluding hydrogens is 231 g/mol. The average Bonchev–Trinajstić information content (AvgIpc) is 2.89. The fourth-order valence-corrected chi connectivity index (χ4v) is 2.23. The van der Waals surface area contributed by atoms with E-state index in [2.05, 4.69) is 6.07 Å². The first-order valence-electron chi connectivity index (χ1n) is 6.13. The van der Waals surface area contributed by atoms with E-state index in [1.165, 1.54) is 12.1 Å². The number of amides is 1. The summed E-state index contributed by atoms with van der Waals surface area (Å²) < 4.78 is 13.1. The van der Waals surface area contributed by atoms with Gasteiger partial charge in [0.05, 0.1) is 12.0 Å². The second-order valence-corrected chi connectivity index (χ2v) is 4.53. The number of nitriles is 1. The number of hydrogen-bond donors (Lipinski definition) is 0. The molecule has 0 aromatic heterocycles. The maximum absolute atomic E-state index is 13.1. The predicted molar refractivity (Wildman–Crippen MR) is 65.2 cm³/mol. The maximum Gasteiger partial charge on any atom is 0.224 e. The Morgan fingerprint density at radius 2 is 2.17 bits per heavy atom. The number of nitrogens with zero attached hydrogens (tertiary/aromatic N) is 2. The Morgan fingerprint density at radius 1 is 1.44 bits per heavy atom. The van der Waals surface area contributed by atoms with Crippen LogP contribution >= 0.6 is 0 Å². The van der Waals surface area contributed by atoms with Crippen molar-refractivity contribution in [2.45, 2.75) is 25.2 Å². The van der Waals surface area contributed by atoms with Crippen LogP contribution in [0.5, 0.6) is 0 Å². The van der Waals surface area contributed by atoms with Gasteiger partial charge in [0.2, 0.25) is 5.91 Å². The summed E-state index contributed by atoms with van der Waals surface area (Å²) in [6.45, 7) is 1.56. The van der Waals surface area contributed by atoms with Crippen LogP contribution in [0.3, 0.4) is 0 Å². The molecule has 2 rings (SSSR count). The van der Waals surface area contributed by atoms with Gasteiger partial charge in [-0.15, -0.1) is 0 Å². The summed E-state index contributed by atoms with van der Waals surface area (Å²) in [7, 11) is 0. The zero-order chi connectivity index (χ0) is 13.0. The molecule has 18 heavy (non-hydrogen) atoms. The highest BCUT2D eigenvalue weighted by Crippen LogP contribution is 2.22. The van der Waals surface area contributed by atoms with E-state index < -0.39 is 5.92 Å². The highest BCUT2D eigenvalue weighted by molar-refractivity contribution is 5.77. The number of halogens is 1. The van der Waals surface area contributed by atoms with Crippen molar-refractivity contribution in [1.82, 2.24) is 4.90 Å². The first-order valence-corrected chi connectivity index (χ1v) is 6.13. The van der Waals surface area contributed by atoms with Gasteiger partial charge in [-0.25, -0.2) is 4.39 Å². The second kappa shape index (κ2) is 5.63. The zero-order valence-corrected chi connectivity index (χ0v) is 10.1. The Hall–Kier alpha value is -1.89. The number of carbonyl (C=O) groups is 1. The van der Waals surface area contributed by atoms with Gasteiger partial charge in [0.15, 0.2) is 0 Å². The van der Waals surface area contributed by atoms with Crippen LogP contribution in [0.2, 0.25) is 0 Å². The van der Waals surface area contributed by atoms with E-state index in [1.54, 1.807) is 17.0 Å². The van der Waals surface area contributed by atoms with Crippen LogP contribution in [0, 0.1) is 17.1 Å². The average molecular weight is 246 g/mol. The summed E-state index contributed by atoms with van der Waals surface area (Å²) in [5.41, 5.74) is 0.574. The quantitative estimate of drug-likeness (QED) is 0.822. The third kappa shape index (κ3) is 2.86. The van der Waals surface area contributed by atoms with Crippen molar-refractivity contribution in [2.24, 2.45) is 0 Å². The zero-order valence-electron chi connectivity index (χ0n) is 10.1. The third-order valence-electron chi connectivity index (χ3n) is 3.24. The molecule has 1 fully saturated rings. The first-order chi connectivity index (χ1) is 8.70. The van der Waals surface area contributed by atoms with Crippen molar-refractivity contribution in [3.63, 3.8) is 0 Å². The molecule has 1 atom stereocenters. The van der Waals surface area contributed by atoms with E-state index in [1.807, 2.05) is 0 Å². The third-order valence-corrected chi connectivity index (χ3v) is 3.24. The molecular formula is C14H15FN2O. The number of carbonyl (C=O) groups excluding carboxylic acids is 1. The van der Waals surface area contributed by atoms with Gasteiger partial charge in [0.1, 0.15) is 5.82 Å². The molecule has 3 nitrogen and oxygen atoms in total. The van der Waals surface area contributed by atoms with Gasteiger partial charge in [-0.05, 0) is 30.5 Å². The van der Waals surface area contributed by atoms with E-state index in [0.717, 1.165) is 25.9 Å². The largest absolute Gasteiger partial charge is 0.343 e. The van der Waals surface area contributed by atoms with Crippen molar-refractivity contribution in [2.75, 3.05) is 13.1 Å². The van der Waals surface area contributed by atoms with Gasteiger partial charge in [-0.3, -0.25) is 4.79 Å². The summed E-state index contributed by atoms with van der Waals surface area (Å²) >= 11 is 0. The number of hydrogen-bond acceptors (Lipinski definition) is 2.